The van der Waals surface area contributed by atoms with Gasteiger partial charge in [0.05, 0.1) is 5.10 Å². The van der Waals surface area contributed by atoms with Gasteiger partial charge in [-0.05, 0) is 45.8 Å². The second kappa shape index (κ2) is 6.01. The van der Waals surface area contributed by atoms with Gasteiger partial charge in [0.15, 0.2) is 11.4 Å². The zero-order valence-corrected chi connectivity index (χ0v) is 16.4. The van der Waals surface area contributed by atoms with Crippen molar-refractivity contribution in [1.82, 2.24) is 9.90 Å². The molecule has 5 heteroatoms. The molecule has 0 unspecified atom stereocenters. The van der Waals surface area contributed by atoms with Gasteiger partial charge >= 0.3 is 0 Å². The van der Waals surface area contributed by atoms with Crippen LogP contribution >= 0.6 is 0 Å². The zero-order valence-electron chi connectivity index (χ0n) is 16.4. The summed E-state index contributed by atoms with van der Waals surface area (Å²) in [5.41, 5.74) is 3.04. The Hall–Kier alpha value is -2.56. The molecule has 5 nitrogen and oxygen atoms in total. The van der Waals surface area contributed by atoms with Crippen molar-refractivity contribution in [2.24, 2.45) is 0 Å². The van der Waals surface area contributed by atoms with E-state index >= 15 is 0 Å². The summed E-state index contributed by atoms with van der Waals surface area (Å²) in [7, 11) is 0. The number of fused-ring (bicyclic) bond motifs is 1. The highest BCUT2D eigenvalue weighted by atomic mass is 16.5. The van der Waals surface area contributed by atoms with E-state index in [1.54, 1.807) is 18.2 Å². The Balaban J connectivity index is 2.36. The highest BCUT2D eigenvalue weighted by Gasteiger charge is 2.30. The molecule has 138 valence electrons. The maximum Gasteiger partial charge on any atom is 0.250 e. The minimum absolute atomic E-state index is 0.113. The number of rotatable bonds is 3. The van der Waals surface area contributed by atoms with Gasteiger partial charge in [-0.25, -0.2) is 0 Å². The zero-order chi connectivity index (χ0) is 19.3. The molecule has 0 saturated heterocycles. The number of hydrogen-bond acceptors (Lipinski definition) is 3. The van der Waals surface area contributed by atoms with Crippen LogP contribution in [0.1, 0.15) is 59.1 Å². The number of phenols is 1. The lowest BCUT2D eigenvalue weighted by Crippen LogP contribution is -2.37. The van der Waals surface area contributed by atoms with Crippen LogP contribution in [0, 0.1) is 5.21 Å². The fourth-order valence-electron chi connectivity index (χ4n) is 3.02. The van der Waals surface area contributed by atoms with Crippen LogP contribution in [0.3, 0.4) is 0 Å². The minimum atomic E-state index is -0.222. The van der Waals surface area contributed by atoms with Gasteiger partial charge in [-0.1, -0.05) is 59.7 Å². The van der Waals surface area contributed by atoms with E-state index in [1.165, 1.54) is 4.80 Å². The fourth-order valence-corrected chi connectivity index (χ4v) is 3.02. The average Bonchev–Trinajstić information content (AvgIpc) is 2.91. The van der Waals surface area contributed by atoms with Crippen LogP contribution in [-0.4, -0.2) is 15.0 Å². The molecule has 0 fully saturated rings. The summed E-state index contributed by atoms with van der Waals surface area (Å²) in [5, 5.41) is 28.2. The van der Waals surface area contributed by atoms with Crippen molar-refractivity contribution >= 4 is 11.0 Å². The SMILES string of the molecule is CCC(C)(C)c1cc(C(C)(C)C)cc(-n2nc3ccccc3[n+]2[O-])c1O. The first kappa shape index (κ1) is 18.2. The van der Waals surface area contributed by atoms with Gasteiger partial charge in [-0.3, -0.25) is 0 Å². The third kappa shape index (κ3) is 2.91. The Morgan fingerprint density at radius 2 is 1.77 bits per heavy atom. The topological polar surface area (TPSA) is 65.0 Å². The van der Waals surface area contributed by atoms with Crippen LogP contribution in [0.2, 0.25) is 0 Å². The van der Waals surface area contributed by atoms with E-state index in [9.17, 15) is 10.3 Å². The third-order valence-corrected chi connectivity index (χ3v) is 5.25. The number of hydrogen-bond donors (Lipinski definition) is 1. The lowest BCUT2D eigenvalue weighted by atomic mass is 9.77. The summed E-state index contributed by atoms with van der Waals surface area (Å²) < 4.78 is 0. The van der Waals surface area contributed by atoms with Gasteiger partial charge in [-0.15, -0.1) is 4.85 Å². The second-order valence-electron chi connectivity index (χ2n) is 8.53. The van der Waals surface area contributed by atoms with Crippen molar-refractivity contribution < 1.29 is 9.95 Å². The molecule has 0 spiro atoms. The molecule has 0 aliphatic rings. The minimum Gasteiger partial charge on any atom is -0.692 e. The molecule has 0 aliphatic heterocycles. The van der Waals surface area contributed by atoms with E-state index in [0.29, 0.717) is 16.7 Å². The van der Waals surface area contributed by atoms with Gasteiger partial charge in [0.2, 0.25) is 11.0 Å². The van der Waals surface area contributed by atoms with E-state index < -0.39 is 0 Å². The number of phenolic OH excluding ortho intramolecular Hbond substituents is 1. The predicted molar refractivity (Wildman–Crippen MR) is 104 cm³/mol. The number of aromatic hydroxyl groups is 1. The van der Waals surface area contributed by atoms with E-state index in [2.05, 4.69) is 52.7 Å². The van der Waals surface area contributed by atoms with Gasteiger partial charge < -0.3 is 10.3 Å². The maximum absolute atomic E-state index is 12.8. The number of benzene rings is 2. The normalized spacial score (nSPS) is 12.7. The summed E-state index contributed by atoms with van der Waals surface area (Å²) in [6.07, 6.45) is 0.867. The van der Waals surface area contributed by atoms with Crippen molar-refractivity contribution in [3.63, 3.8) is 0 Å². The lowest BCUT2D eigenvalue weighted by Gasteiger charge is -2.28. The molecule has 3 aromatic rings. The van der Waals surface area contributed by atoms with Crippen LogP contribution in [0.25, 0.3) is 16.7 Å². The largest absolute Gasteiger partial charge is 0.692 e. The van der Waals surface area contributed by atoms with Crippen LogP contribution < -0.4 is 4.85 Å². The van der Waals surface area contributed by atoms with E-state index in [-0.39, 0.29) is 16.6 Å². The van der Waals surface area contributed by atoms with Gasteiger partial charge in [0.25, 0.3) is 0 Å². The highest BCUT2D eigenvalue weighted by molar-refractivity contribution is 5.70. The summed E-state index contributed by atoms with van der Waals surface area (Å²) in [6.45, 7) is 12.7. The fraction of sp³-hybridized carbons (Fsp3) is 0.429. The molecular formula is C21H27N3O2. The Morgan fingerprint density at radius 1 is 1.12 bits per heavy atom. The smallest absolute Gasteiger partial charge is 0.250 e. The van der Waals surface area contributed by atoms with Crippen molar-refractivity contribution in [2.75, 3.05) is 0 Å². The standard InChI is InChI=1S/C21H27N3O2/c1-7-21(5,6)15-12-14(20(2,3)4)13-18(19(15)25)23-22-16-10-8-9-11-17(16)24(23)26/h8-13,25H,7H2,1-6H3. The molecule has 0 amide bonds. The molecule has 1 heterocycles. The summed E-state index contributed by atoms with van der Waals surface area (Å²) in [5.74, 6) is 0.113. The molecule has 0 bridgehead atoms. The maximum atomic E-state index is 12.8. The molecular weight excluding hydrogens is 326 g/mol. The monoisotopic (exact) mass is 353 g/mol. The molecule has 1 aromatic heterocycles. The van der Waals surface area contributed by atoms with Crippen LogP contribution in [0.4, 0.5) is 0 Å². The number of aromatic nitrogens is 3. The molecule has 0 aliphatic carbocycles. The van der Waals surface area contributed by atoms with Crippen molar-refractivity contribution in [1.29, 1.82) is 0 Å². The Morgan fingerprint density at radius 3 is 2.35 bits per heavy atom. The first-order valence-corrected chi connectivity index (χ1v) is 9.02. The van der Waals surface area contributed by atoms with Crippen molar-refractivity contribution in [2.45, 2.75) is 58.8 Å². The molecule has 0 radical (unpaired) electrons. The summed E-state index contributed by atoms with van der Waals surface area (Å²) in [6, 6.07) is 11.1. The first-order chi connectivity index (χ1) is 12.1. The quantitative estimate of drug-likeness (QED) is 0.562. The third-order valence-electron chi connectivity index (χ3n) is 5.25. The van der Waals surface area contributed by atoms with Gasteiger partial charge in [0.1, 0.15) is 0 Å². The Bertz CT molecular complexity index is 965. The highest BCUT2D eigenvalue weighted by Crippen LogP contribution is 2.40. The number of para-hydroxylation sites is 1. The van der Waals surface area contributed by atoms with E-state index in [0.717, 1.165) is 22.4 Å². The molecule has 0 atom stereocenters. The summed E-state index contributed by atoms with van der Waals surface area (Å²) in [4.78, 5) is 1.99. The van der Waals surface area contributed by atoms with Gasteiger partial charge in [0, 0.05) is 5.56 Å². The number of nitrogens with zero attached hydrogens (tertiary/aromatic N) is 3. The molecule has 2 aromatic carbocycles. The van der Waals surface area contributed by atoms with E-state index in [4.69, 9.17) is 0 Å². The van der Waals surface area contributed by atoms with Crippen molar-refractivity contribution in [3.05, 3.63) is 52.7 Å². The Kier molecular flexibility index (Phi) is 4.21. The van der Waals surface area contributed by atoms with Crippen LogP contribution in [0.5, 0.6) is 5.75 Å². The first-order valence-electron chi connectivity index (χ1n) is 9.02. The van der Waals surface area contributed by atoms with Crippen molar-refractivity contribution in [3.8, 4) is 11.4 Å². The molecule has 26 heavy (non-hydrogen) atoms. The molecule has 1 N–H and O–H groups in total. The second-order valence-corrected chi connectivity index (χ2v) is 8.53. The lowest BCUT2D eigenvalue weighted by molar-refractivity contribution is -0.664. The predicted octanol–water partition coefficient (Wildman–Crippen LogP) is 4.35. The van der Waals surface area contributed by atoms with Crippen LogP contribution in [-0.2, 0) is 10.8 Å². The summed E-state index contributed by atoms with van der Waals surface area (Å²) >= 11 is 0. The molecule has 3 rings (SSSR count). The average molecular weight is 353 g/mol. The molecule has 0 saturated carbocycles. The van der Waals surface area contributed by atoms with Gasteiger partial charge in [-0.2, -0.15) is 0 Å². The van der Waals surface area contributed by atoms with Crippen LogP contribution in [0.15, 0.2) is 36.4 Å². The van der Waals surface area contributed by atoms with E-state index in [1.807, 2.05) is 12.1 Å². The Labute approximate surface area is 154 Å².